The highest BCUT2D eigenvalue weighted by Crippen LogP contribution is 2.29. The molecule has 0 bridgehead atoms. The third-order valence-electron chi connectivity index (χ3n) is 3.49. The Morgan fingerprint density at radius 3 is 2.83 bits per heavy atom. The molecule has 0 atom stereocenters. The number of nitro benzene ring substituents is 1. The van der Waals surface area contributed by atoms with Crippen LogP contribution in [0, 0.1) is 17.0 Å². The number of imidazole rings is 1. The maximum absolute atomic E-state index is 12.4. The van der Waals surface area contributed by atoms with E-state index in [1.54, 1.807) is 10.6 Å². The number of methoxy groups -OCH3 is 1. The average Bonchev–Trinajstić information content (AvgIpc) is 2.97. The van der Waals surface area contributed by atoms with E-state index in [1.807, 2.05) is 25.3 Å². The number of ether oxygens (including phenoxy) is 1. The van der Waals surface area contributed by atoms with Gasteiger partial charge in [0.1, 0.15) is 17.1 Å². The highest BCUT2D eigenvalue weighted by molar-refractivity contribution is 6.04. The number of pyridine rings is 1. The van der Waals surface area contributed by atoms with Gasteiger partial charge < -0.3 is 14.5 Å². The number of aromatic nitrogens is 2. The van der Waals surface area contributed by atoms with Crippen LogP contribution in [0.1, 0.15) is 16.1 Å². The second kappa shape index (κ2) is 5.99. The molecule has 0 fully saturated rings. The number of benzene rings is 1. The SMILES string of the molecule is COc1ccc([N+](=O)[O-])cc1NC(=O)c1cn2ccc(C)cc2n1. The Kier molecular flexibility index (Phi) is 3.87. The van der Waals surface area contributed by atoms with Crippen LogP contribution in [0.5, 0.6) is 5.75 Å². The molecule has 3 aromatic rings. The first kappa shape index (κ1) is 15.5. The summed E-state index contributed by atoms with van der Waals surface area (Å²) in [6, 6.07) is 7.74. The van der Waals surface area contributed by atoms with E-state index in [0.29, 0.717) is 11.4 Å². The topological polar surface area (TPSA) is 98.8 Å². The summed E-state index contributed by atoms with van der Waals surface area (Å²) in [5.41, 5.74) is 1.95. The summed E-state index contributed by atoms with van der Waals surface area (Å²) in [6.07, 6.45) is 3.40. The number of non-ortho nitro benzene ring substituents is 1. The van der Waals surface area contributed by atoms with Crippen molar-refractivity contribution in [3.05, 3.63) is 64.1 Å². The summed E-state index contributed by atoms with van der Waals surface area (Å²) in [5, 5.41) is 13.5. The largest absolute Gasteiger partial charge is 0.495 e. The predicted octanol–water partition coefficient (Wildman–Crippen LogP) is 2.81. The molecule has 3 rings (SSSR count). The number of fused-ring (bicyclic) bond motifs is 1. The molecule has 0 spiro atoms. The van der Waals surface area contributed by atoms with Crippen LogP contribution >= 0.6 is 0 Å². The summed E-state index contributed by atoms with van der Waals surface area (Å²) in [7, 11) is 1.42. The molecule has 8 heteroatoms. The van der Waals surface area contributed by atoms with Crippen LogP contribution in [0.15, 0.2) is 42.7 Å². The van der Waals surface area contributed by atoms with Crippen LogP contribution in [0.4, 0.5) is 11.4 Å². The summed E-state index contributed by atoms with van der Waals surface area (Å²) >= 11 is 0. The van der Waals surface area contributed by atoms with Gasteiger partial charge in [-0.3, -0.25) is 14.9 Å². The van der Waals surface area contributed by atoms with Gasteiger partial charge in [0.2, 0.25) is 0 Å². The van der Waals surface area contributed by atoms with Crippen LogP contribution in [-0.4, -0.2) is 27.3 Å². The standard InChI is InChI=1S/C16H14N4O4/c1-10-5-6-19-9-13(17-15(19)7-10)16(21)18-12-8-11(20(22)23)3-4-14(12)24-2/h3-9H,1-2H3,(H,18,21). The van der Waals surface area contributed by atoms with E-state index in [4.69, 9.17) is 4.74 Å². The minimum Gasteiger partial charge on any atom is -0.495 e. The second-order valence-corrected chi connectivity index (χ2v) is 5.19. The fourth-order valence-corrected chi connectivity index (χ4v) is 2.29. The number of carbonyl (C=O) groups is 1. The van der Waals surface area contributed by atoms with Gasteiger partial charge in [-0.2, -0.15) is 0 Å². The normalized spacial score (nSPS) is 10.6. The zero-order valence-electron chi connectivity index (χ0n) is 13.0. The molecular formula is C16H14N4O4. The van der Waals surface area contributed by atoms with Crippen LogP contribution in [-0.2, 0) is 0 Å². The van der Waals surface area contributed by atoms with E-state index in [1.165, 1.54) is 25.3 Å². The first-order chi connectivity index (χ1) is 11.5. The van der Waals surface area contributed by atoms with E-state index in [9.17, 15) is 14.9 Å². The maximum atomic E-state index is 12.4. The van der Waals surface area contributed by atoms with Gasteiger partial charge in [0.05, 0.1) is 17.7 Å². The molecule has 24 heavy (non-hydrogen) atoms. The van der Waals surface area contributed by atoms with Crippen molar-refractivity contribution >= 4 is 22.9 Å². The maximum Gasteiger partial charge on any atom is 0.275 e. The number of carbonyl (C=O) groups excluding carboxylic acids is 1. The molecular weight excluding hydrogens is 312 g/mol. The van der Waals surface area contributed by atoms with Gasteiger partial charge in [-0.05, 0) is 30.7 Å². The number of aryl methyl sites for hydroxylation is 1. The fourth-order valence-electron chi connectivity index (χ4n) is 2.29. The molecule has 1 aromatic carbocycles. The van der Waals surface area contributed by atoms with E-state index in [0.717, 1.165) is 5.56 Å². The summed E-state index contributed by atoms with van der Waals surface area (Å²) < 4.78 is 6.86. The lowest BCUT2D eigenvalue weighted by Gasteiger charge is -2.08. The van der Waals surface area contributed by atoms with Crippen molar-refractivity contribution in [2.75, 3.05) is 12.4 Å². The molecule has 0 saturated heterocycles. The van der Waals surface area contributed by atoms with Gasteiger partial charge in [0, 0.05) is 24.5 Å². The van der Waals surface area contributed by atoms with Crippen LogP contribution < -0.4 is 10.1 Å². The Morgan fingerprint density at radius 2 is 2.12 bits per heavy atom. The van der Waals surface area contributed by atoms with Crippen molar-refractivity contribution in [1.29, 1.82) is 0 Å². The van der Waals surface area contributed by atoms with Gasteiger partial charge in [-0.15, -0.1) is 0 Å². The third kappa shape index (κ3) is 2.89. The zero-order chi connectivity index (χ0) is 17.3. The highest BCUT2D eigenvalue weighted by atomic mass is 16.6. The number of hydrogen-bond acceptors (Lipinski definition) is 5. The number of nitrogens with one attached hydrogen (secondary N) is 1. The molecule has 0 saturated carbocycles. The van der Waals surface area contributed by atoms with Gasteiger partial charge >= 0.3 is 0 Å². The fraction of sp³-hybridized carbons (Fsp3) is 0.125. The molecule has 2 aromatic heterocycles. The number of nitro groups is 1. The Hall–Kier alpha value is -3.42. The molecule has 122 valence electrons. The number of hydrogen-bond donors (Lipinski definition) is 1. The van der Waals surface area contributed by atoms with Gasteiger partial charge in [0.25, 0.3) is 11.6 Å². The zero-order valence-corrected chi connectivity index (χ0v) is 13.0. The molecule has 0 aliphatic carbocycles. The number of rotatable bonds is 4. The minimum atomic E-state index is -0.539. The highest BCUT2D eigenvalue weighted by Gasteiger charge is 2.16. The van der Waals surface area contributed by atoms with Crippen molar-refractivity contribution in [1.82, 2.24) is 9.38 Å². The predicted molar refractivity (Wildman–Crippen MR) is 87.5 cm³/mol. The molecule has 0 aliphatic rings. The molecule has 0 unspecified atom stereocenters. The smallest absolute Gasteiger partial charge is 0.275 e. The molecule has 0 radical (unpaired) electrons. The second-order valence-electron chi connectivity index (χ2n) is 5.19. The van der Waals surface area contributed by atoms with Crippen LogP contribution in [0.3, 0.4) is 0 Å². The quantitative estimate of drug-likeness (QED) is 0.587. The van der Waals surface area contributed by atoms with Crippen molar-refractivity contribution in [3.8, 4) is 5.75 Å². The number of amides is 1. The molecule has 0 aliphatic heterocycles. The van der Waals surface area contributed by atoms with E-state index in [2.05, 4.69) is 10.3 Å². The van der Waals surface area contributed by atoms with Gasteiger partial charge in [-0.1, -0.05) is 0 Å². The molecule has 1 amide bonds. The Balaban J connectivity index is 1.93. The van der Waals surface area contributed by atoms with E-state index < -0.39 is 10.8 Å². The molecule has 1 N–H and O–H groups in total. The minimum absolute atomic E-state index is 0.142. The molecule has 2 heterocycles. The van der Waals surface area contributed by atoms with Crippen LogP contribution in [0.25, 0.3) is 5.65 Å². The van der Waals surface area contributed by atoms with Crippen molar-refractivity contribution in [3.63, 3.8) is 0 Å². The van der Waals surface area contributed by atoms with E-state index in [-0.39, 0.29) is 17.1 Å². The van der Waals surface area contributed by atoms with Gasteiger partial charge in [-0.25, -0.2) is 4.98 Å². The monoisotopic (exact) mass is 326 g/mol. The lowest BCUT2D eigenvalue weighted by Crippen LogP contribution is -2.13. The molecule has 8 nitrogen and oxygen atoms in total. The van der Waals surface area contributed by atoms with E-state index >= 15 is 0 Å². The Morgan fingerprint density at radius 1 is 1.33 bits per heavy atom. The Labute approximate surface area is 136 Å². The average molecular weight is 326 g/mol. The lowest BCUT2D eigenvalue weighted by molar-refractivity contribution is -0.384. The first-order valence-electron chi connectivity index (χ1n) is 7.07. The first-order valence-corrected chi connectivity index (χ1v) is 7.07. The number of nitrogens with zero attached hydrogens (tertiary/aromatic N) is 3. The summed E-state index contributed by atoms with van der Waals surface area (Å²) in [5.74, 6) is -0.149. The lowest BCUT2D eigenvalue weighted by atomic mass is 10.2. The van der Waals surface area contributed by atoms with Crippen LogP contribution in [0.2, 0.25) is 0 Å². The summed E-state index contributed by atoms with van der Waals surface area (Å²) in [4.78, 5) is 27.0. The third-order valence-corrected chi connectivity index (χ3v) is 3.49. The number of anilines is 1. The van der Waals surface area contributed by atoms with Crippen molar-refractivity contribution in [2.45, 2.75) is 6.92 Å². The van der Waals surface area contributed by atoms with Crippen molar-refractivity contribution < 1.29 is 14.5 Å². The summed E-state index contributed by atoms with van der Waals surface area (Å²) in [6.45, 7) is 1.93. The van der Waals surface area contributed by atoms with Gasteiger partial charge in [0.15, 0.2) is 0 Å². The Bertz CT molecular complexity index is 948. The van der Waals surface area contributed by atoms with Crippen molar-refractivity contribution in [2.24, 2.45) is 0 Å².